The number of thiophene rings is 1. The van der Waals surface area contributed by atoms with Gasteiger partial charge in [-0.1, -0.05) is 24.3 Å². The molecule has 2 aromatic heterocycles. The maximum absolute atomic E-state index is 13.0. The van der Waals surface area contributed by atoms with Crippen molar-refractivity contribution in [3.05, 3.63) is 76.4 Å². The summed E-state index contributed by atoms with van der Waals surface area (Å²) in [6.07, 6.45) is 0.0665. The van der Waals surface area contributed by atoms with Crippen LogP contribution < -0.4 is 10.6 Å². The van der Waals surface area contributed by atoms with Gasteiger partial charge in [-0.3, -0.25) is 14.7 Å². The van der Waals surface area contributed by atoms with E-state index in [0.29, 0.717) is 37.7 Å². The average Bonchev–Trinajstić information content (AvgIpc) is 3.32. The fraction of sp³-hybridized carbons (Fsp3) is 0.0476. The highest BCUT2D eigenvalue weighted by atomic mass is 32.1. The van der Waals surface area contributed by atoms with Crippen LogP contribution in [0.15, 0.2) is 54.6 Å². The van der Waals surface area contributed by atoms with Gasteiger partial charge in [0.25, 0.3) is 5.91 Å². The molecular weight excluding hydrogens is 405 g/mol. The van der Waals surface area contributed by atoms with Crippen molar-refractivity contribution in [2.24, 2.45) is 0 Å². The van der Waals surface area contributed by atoms with Crippen LogP contribution in [0.1, 0.15) is 20.8 Å². The van der Waals surface area contributed by atoms with Crippen molar-refractivity contribution in [2.45, 2.75) is 6.42 Å². The number of benzene rings is 2. The van der Waals surface area contributed by atoms with E-state index in [1.165, 1.54) is 23.5 Å². The van der Waals surface area contributed by atoms with Crippen LogP contribution in [0.4, 0.5) is 15.9 Å². The number of hydrogen-bond acceptors (Lipinski definition) is 5. The molecule has 0 aliphatic rings. The summed E-state index contributed by atoms with van der Waals surface area (Å²) in [6, 6.07) is 16.1. The molecule has 0 aliphatic carbocycles. The van der Waals surface area contributed by atoms with Crippen LogP contribution in [0.3, 0.4) is 0 Å². The van der Waals surface area contributed by atoms with Gasteiger partial charge in [0, 0.05) is 0 Å². The summed E-state index contributed by atoms with van der Waals surface area (Å²) in [5.41, 5.74) is 1.46. The largest absolute Gasteiger partial charge is 0.320 e. The Balaban J connectivity index is 1.49. The lowest BCUT2D eigenvalue weighted by molar-refractivity contribution is -0.115. The molecule has 4 aromatic rings. The number of nitrogens with zero attached hydrogens (tertiary/aromatic N) is 2. The number of halogens is 1. The van der Waals surface area contributed by atoms with Crippen molar-refractivity contribution in [2.75, 3.05) is 10.6 Å². The zero-order valence-corrected chi connectivity index (χ0v) is 16.2. The molecule has 7 nitrogen and oxygen atoms in total. The van der Waals surface area contributed by atoms with Gasteiger partial charge in [0.1, 0.15) is 16.7 Å². The fourth-order valence-corrected chi connectivity index (χ4v) is 3.76. The Kier molecular flexibility index (Phi) is 5.24. The first kappa shape index (κ1) is 19.3. The third-order valence-corrected chi connectivity index (χ3v) is 5.35. The number of anilines is 2. The Morgan fingerprint density at radius 3 is 2.67 bits per heavy atom. The van der Waals surface area contributed by atoms with Gasteiger partial charge < -0.3 is 10.6 Å². The van der Waals surface area contributed by atoms with E-state index in [-0.39, 0.29) is 24.1 Å². The van der Waals surface area contributed by atoms with Gasteiger partial charge in [0.05, 0.1) is 27.9 Å². The van der Waals surface area contributed by atoms with E-state index >= 15 is 0 Å². The molecule has 0 fully saturated rings. The normalized spacial score (nSPS) is 10.5. The Bertz CT molecular complexity index is 1290. The topological polar surface area (TPSA) is 111 Å². The average molecular weight is 419 g/mol. The van der Waals surface area contributed by atoms with Gasteiger partial charge in [-0.25, -0.2) is 4.39 Å². The Morgan fingerprint density at radius 1 is 1.13 bits per heavy atom. The number of rotatable bonds is 5. The van der Waals surface area contributed by atoms with Gasteiger partial charge in [-0.05, 0) is 35.9 Å². The van der Waals surface area contributed by atoms with E-state index in [1.54, 1.807) is 42.5 Å². The number of fused-ring (bicyclic) bond motifs is 1. The number of aromatic amines is 1. The predicted octanol–water partition coefficient (Wildman–Crippen LogP) is 4.07. The van der Waals surface area contributed by atoms with Crippen LogP contribution >= 0.6 is 11.3 Å². The van der Waals surface area contributed by atoms with Gasteiger partial charge in [0.15, 0.2) is 5.82 Å². The zero-order valence-electron chi connectivity index (χ0n) is 15.4. The summed E-state index contributed by atoms with van der Waals surface area (Å²) in [5.74, 6) is -0.731. The van der Waals surface area contributed by atoms with E-state index in [0.717, 1.165) is 0 Å². The Labute approximate surface area is 174 Å². The first-order chi connectivity index (χ1) is 14.5. The monoisotopic (exact) mass is 419 g/mol. The third-order valence-electron chi connectivity index (χ3n) is 4.31. The molecule has 0 aliphatic heterocycles. The van der Waals surface area contributed by atoms with Crippen LogP contribution in [-0.4, -0.2) is 22.0 Å². The van der Waals surface area contributed by atoms with Crippen LogP contribution in [0.25, 0.3) is 10.2 Å². The molecular formula is C21H14FN5O2S. The minimum Gasteiger partial charge on any atom is -0.320 e. The maximum Gasteiger partial charge on any atom is 0.265 e. The van der Waals surface area contributed by atoms with Crippen LogP contribution in [0.2, 0.25) is 0 Å². The number of hydrogen-bond donors (Lipinski definition) is 3. The molecule has 0 radical (unpaired) electrons. The molecule has 2 aromatic carbocycles. The summed E-state index contributed by atoms with van der Waals surface area (Å²) in [6.45, 7) is 0. The van der Waals surface area contributed by atoms with Gasteiger partial charge >= 0.3 is 0 Å². The number of H-pyrrole nitrogens is 1. The lowest BCUT2D eigenvalue weighted by atomic mass is 10.1. The van der Waals surface area contributed by atoms with Gasteiger partial charge in [-0.15, -0.1) is 11.3 Å². The summed E-state index contributed by atoms with van der Waals surface area (Å²) in [7, 11) is 0. The van der Waals surface area contributed by atoms with Crippen molar-refractivity contribution in [1.29, 1.82) is 5.26 Å². The SMILES string of the molecule is N#Cc1ccccc1NC(=O)c1cc2c(NC(=O)Cc3ccc(F)cc3)n[nH]c2s1. The number of carbonyl (C=O) groups is 2. The molecule has 0 spiro atoms. The lowest BCUT2D eigenvalue weighted by Gasteiger charge is -2.05. The molecule has 30 heavy (non-hydrogen) atoms. The van der Waals surface area contributed by atoms with Crippen molar-refractivity contribution in [3.63, 3.8) is 0 Å². The minimum atomic E-state index is -0.366. The standard InChI is InChI=1S/C21H14FN5O2S/c22-14-7-5-12(6-8-14)9-18(28)25-19-15-10-17(30-21(15)27-26-19)20(29)24-16-4-2-1-3-13(16)11-23/h1-8,10H,9H2,(H,24,29)(H2,25,26,27,28). The first-order valence-corrected chi connectivity index (χ1v) is 9.68. The smallest absolute Gasteiger partial charge is 0.265 e. The van der Waals surface area contributed by atoms with E-state index < -0.39 is 0 Å². The quantitative estimate of drug-likeness (QED) is 0.453. The summed E-state index contributed by atoms with van der Waals surface area (Å²) >= 11 is 1.19. The number of carbonyl (C=O) groups excluding carboxylic acids is 2. The summed E-state index contributed by atoms with van der Waals surface area (Å²) in [4.78, 5) is 25.9. The van der Waals surface area contributed by atoms with Gasteiger partial charge in [0.2, 0.25) is 5.91 Å². The second kappa shape index (κ2) is 8.14. The molecule has 0 bridgehead atoms. The number of nitrogens with one attached hydrogen (secondary N) is 3. The highest BCUT2D eigenvalue weighted by Crippen LogP contribution is 2.30. The molecule has 0 saturated heterocycles. The van der Waals surface area contributed by atoms with Crippen molar-refractivity contribution in [3.8, 4) is 6.07 Å². The minimum absolute atomic E-state index is 0.0665. The molecule has 0 unspecified atom stereocenters. The second-order valence-corrected chi connectivity index (χ2v) is 7.44. The van der Waals surface area contributed by atoms with Crippen molar-refractivity contribution >= 4 is 44.9 Å². The molecule has 0 saturated carbocycles. The van der Waals surface area contributed by atoms with Crippen LogP contribution in [0, 0.1) is 17.1 Å². The lowest BCUT2D eigenvalue weighted by Crippen LogP contribution is -2.15. The number of aromatic nitrogens is 2. The molecule has 3 N–H and O–H groups in total. The second-order valence-electron chi connectivity index (χ2n) is 6.39. The molecule has 9 heteroatoms. The molecule has 4 rings (SSSR count). The molecule has 2 heterocycles. The molecule has 148 valence electrons. The van der Waals surface area contributed by atoms with Crippen molar-refractivity contribution in [1.82, 2.24) is 10.2 Å². The highest BCUT2D eigenvalue weighted by Gasteiger charge is 2.17. The first-order valence-electron chi connectivity index (χ1n) is 8.86. The summed E-state index contributed by atoms with van der Waals surface area (Å²) in [5, 5.41) is 22.1. The maximum atomic E-state index is 13.0. The fourth-order valence-electron chi connectivity index (χ4n) is 2.86. The van der Waals surface area contributed by atoms with Crippen molar-refractivity contribution < 1.29 is 14.0 Å². The molecule has 2 amide bonds. The predicted molar refractivity (Wildman–Crippen MR) is 112 cm³/mol. The van der Waals surface area contributed by atoms with E-state index in [9.17, 15) is 14.0 Å². The highest BCUT2D eigenvalue weighted by molar-refractivity contribution is 7.20. The summed E-state index contributed by atoms with van der Waals surface area (Å²) < 4.78 is 13.0. The third kappa shape index (κ3) is 4.04. The van der Waals surface area contributed by atoms with Crippen LogP contribution in [0.5, 0.6) is 0 Å². The Hall–Kier alpha value is -4.03. The molecule has 0 atom stereocenters. The van der Waals surface area contributed by atoms with E-state index in [1.807, 2.05) is 6.07 Å². The van der Waals surface area contributed by atoms with E-state index in [4.69, 9.17) is 5.26 Å². The zero-order chi connectivity index (χ0) is 21.1. The number of para-hydroxylation sites is 1. The van der Waals surface area contributed by atoms with E-state index in [2.05, 4.69) is 20.8 Å². The number of nitriles is 1. The Morgan fingerprint density at radius 2 is 1.90 bits per heavy atom. The number of amides is 2. The van der Waals surface area contributed by atoms with Gasteiger partial charge in [-0.2, -0.15) is 10.4 Å². The van der Waals surface area contributed by atoms with Crippen LogP contribution in [-0.2, 0) is 11.2 Å².